The number of rotatable bonds is 6. The molecule has 2 unspecified atom stereocenters. The minimum Gasteiger partial charge on any atom is -0.484 e. The fraction of sp³-hybridized carbons (Fsp3) is 0.269. The number of allylic oxidation sites excluding steroid dienone is 1. The van der Waals surface area contributed by atoms with Crippen molar-refractivity contribution in [2.45, 2.75) is 32.2 Å². The Morgan fingerprint density at radius 2 is 2.03 bits per heavy atom. The Morgan fingerprint density at radius 1 is 1.18 bits per heavy atom. The molecule has 34 heavy (non-hydrogen) atoms. The first-order valence-electron chi connectivity index (χ1n) is 11.3. The maximum Gasteiger partial charge on any atom is 0.281 e. The zero-order valence-electron chi connectivity index (χ0n) is 18.8. The second-order valence-electron chi connectivity index (χ2n) is 8.37. The molecule has 1 N–H and O–H groups in total. The van der Waals surface area contributed by atoms with E-state index in [1.54, 1.807) is 51.9 Å². The molecule has 0 saturated heterocycles. The first-order valence-corrected chi connectivity index (χ1v) is 13.0. The Balaban J connectivity index is 1.39. The summed E-state index contributed by atoms with van der Waals surface area (Å²) in [5, 5.41) is 13.4. The maximum atomic E-state index is 13.4. The fourth-order valence-corrected chi connectivity index (χ4v) is 6.13. The van der Waals surface area contributed by atoms with Gasteiger partial charge < -0.3 is 10.1 Å². The van der Waals surface area contributed by atoms with Crippen LogP contribution in [0, 0.1) is 5.92 Å². The molecule has 1 aromatic carbocycles. The van der Waals surface area contributed by atoms with Gasteiger partial charge in [0.25, 0.3) is 5.91 Å². The van der Waals surface area contributed by atoms with E-state index in [-0.39, 0.29) is 30.4 Å². The lowest BCUT2D eigenvalue weighted by Gasteiger charge is -2.28. The molecule has 1 aliphatic heterocycles. The smallest absolute Gasteiger partial charge is 0.281 e. The predicted molar refractivity (Wildman–Crippen MR) is 137 cm³/mol. The molecule has 1 aliphatic carbocycles. The lowest BCUT2D eigenvalue weighted by molar-refractivity contribution is -0.135. The van der Waals surface area contributed by atoms with Gasteiger partial charge >= 0.3 is 0 Å². The Hall–Kier alpha value is -3.23. The number of benzene rings is 1. The summed E-state index contributed by atoms with van der Waals surface area (Å²) in [7, 11) is 0. The molecular weight excluding hydrogens is 466 g/mol. The van der Waals surface area contributed by atoms with Gasteiger partial charge in [-0.15, -0.1) is 22.7 Å². The first kappa shape index (κ1) is 22.6. The molecule has 6 nitrogen and oxygen atoms in total. The number of hydrogen-bond acceptors (Lipinski definition) is 6. The predicted octanol–water partition coefficient (Wildman–Crippen LogP) is 5.97. The van der Waals surface area contributed by atoms with Crippen LogP contribution >= 0.6 is 22.7 Å². The zero-order chi connectivity index (χ0) is 23.5. The maximum absolute atomic E-state index is 13.4. The number of nitrogens with zero attached hydrogens (tertiary/aromatic N) is 2. The number of hydrazone groups is 1. The van der Waals surface area contributed by atoms with E-state index in [1.807, 2.05) is 11.4 Å². The van der Waals surface area contributed by atoms with Crippen LogP contribution in [0.2, 0.25) is 0 Å². The highest BCUT2D eigenvalue weighted by molar-refractivity contribution is 7.11. The summed E-state index contributed by atoms with van der Waals surface area (Å²) in [6.45, 7) is 1.33. The van der Waals surface area contributed by atoms with E-state index in [0.29, 0.717) is 11.4 Å². The van der Waals surface area contributed by atoms with Crippen molar-refractivity contribution >= 4 is 52.0 Å². The number of carbonyl (C=O) groups is 2. The molecule has 1 saturated carbocycles. The molecule has 3 heterocycles. The van der Waals surface area contributed by atoms with Crippen molar-refractivity contribution in [3.63, 3.8) is 0 Å². The molecule has 5 rings (SSSR count). The molecule has 2 aromatic heterocycles. The number of amides is 2. The normalized spacial score (nSPS) is 20.7. The second kappa shape index (κ2) is 9.95. The minimum absolute atomic E-state index is 0.108. The average Bonchev–Trinajstić information content (AvgIpc) is 3.58. The number of thiophene rings is 2. The molecule has 1 fully saturated rings. The van der Waals surface area contributed by atoms with Crippen LogP contribution in [-0.2, 0) is 9.59 Å². The van der Waals surface area contributed by atoms with Crippen molar-refractivity contribution in [1.82, 2.24) is 5.01 Å². The average molecular weight is 492 g/mol. The van der Waals surface area contributed by atoms with Gasteiger partial charge in [0, 0.05) is 34.3 Å². The number of nitrogens with one attached hydrogen (secondary N) is 1. The molecular formula is C26H25N3O3S2. The minimum atomic E-state index is -0.180. The van der Waals surface area contributed by atoms with E-state index in [0.717, 1.165) is 29.9 Å². The van der Waals surface area contributed by atoms with Gasteiger partial charge in [-0.1, -0.05) is 18.2 Å². The molecule has 2 atom stereocenters. The number of hydrogen-bond donors (Lipinski definition) is 1. The monoisotopic (exact) mass is 491 g/mol. The van der Waals surface area contributed by atoms with Crippen molar-refractivity contribution < 1.29 is 14.3 Å². The van der Waals surface area contributed by atoms with Crippen LogP contribution in [0.3, 0.4) is 0 Å². The lowest BCUT2D eigenvalue weighted by Crippen LogP contribution is -2.34. The summed E-state index contributed by atoms with van der Waals surface area (Å²) >= 11 is 3.37. The number of anilines is 1. The Labute approximate surface area is 206 Å². The number of ether oxygens (including phenoxy) is 1. The van der Waals surface area contributed by atoms with Gasteiger partial charge in [-0.25, -0.2) is 5.01 Å². The number of fused-ring (bicyclic) bond motifs is 1. The third kappa shape index (κ3) is 4.83. The molecule has 2 amide bonds. The van der Waals surface area contributed by atoms with Crippen molar-refractivity contribution in [3.8, 4) is 5.75 Å². The quantitative estimate of drug-likeness (QED) is 0.462. The van der Waals surface area contributed by atoms with E-state index in [4.69, 9.17) is 9.84 Å². The molecule has 0 spiro atoms. The van der Waals surface area contributed by atoms with Gasteiger partial charge in [-0.3, -0.25) is 9.59 Å². The summed E-state index contributed by atoms with van der Waals surface area (Å²) in [6, 6.07) is 15.2. The van der Waals surface area contributed by atoms with Crippen LogP contribution in [0.15, 0.2) is 70.0 Å². The van der Waals surface area contributed by atoms with Crippen molar-refractivity contribution in [3.05, 3.63) is 74.6 Å². The zero-order valence-corrected chi connectivity index (χ0v) is 20.4. The SMILES string of the molecule is CC(=O)Nc1cccc(OCC(=O)N2N=C3C(=Cc4cccs4)CCCC3C2c2cccs2)c1. The first-order chi connectivity index (χ1) is 16.6. The molecule has 8 heteroatoms. The van der Waals surface area contributed by atoms with Gasteiger partial charge in [0.1, 0.15) is 5.75 Å². The Kier molecular flexibility index (Phi) is 6.60. The Morgan fingerprint density at radius 3 is 2.79 bits per heavy atom. The van der Waals surface area contributed by atoms with E-state index in [9.17, 15) is 9.59 Å². The van der Waals surface area contributed by atoms with E-state index in [2.05, 4.69) is 35.0 Å². The van der Waals surface area contributed by atoms with Crippen molar-refractivity contribution in [2.24, 2.45) is 11.0 Å². The van der Waals surface area contributed by atoms with Gasteiger partial charge in [-0.2, -0.15) is 5.10 Å². The van der Waals surface area contributed by atoms with Gasteiger partial charge in [0.05, 0.1) is 11.8 Å². The second-order valence-corrected chi connectivity index (χ2v) is 10.3. The summed E-state index contributed by atoms with van der Waals surface area (Å²) in [5.74, 6) is 0.370. The van der Waals surface area contributed by atoms with Crippen LogP contribution < -0.4 is 10.1 Å². The summed E-state index contributed by atoms with van der Waals surface area (Å²) in [5.41, 5.74) is 2.88. The van der Waals surface area contributed by atoms with Crippen LogP contribution in [0.1, 0.15) is 42.0 Å². The van der Waals surface area contributed by atoms with Gasteiger partial charge in [0.2, 0.25) is 5.91 Å². The van der Waals surface area contributed by atoms with Gasteiger partial charge in [0.15, 0.2) is 6.61 Å². The van der Waals surface area contributed by atoms with E-state index in [1.165, 1.54) is 17.4 Å². The molecule has 174 valence electrons. The molecule has 3 aromatic rings. The fourth-order valence-electron chi connectivity index (χ4n) is 4.57. The Bertz CT molecular complexity index is 1230. The molecule has 2 aliphatic rings. The highest BCUT2D eigenvalue weighted by Crippen LogP contribution is 2.45. The molecule has 0 bridgehead atoms. The number of carbonyl (C=O) groups excluding carboxylic acids is 2. The summed E-state index contributed by atoms with van der Waals surface area (Å²) in [4.78, 5) is 27.0. The third-order valence-electron chi connectivity index (χ3n) is 5.97. The highest BCUT2D eigenvalue weighted by atomic mass is 32.1. The molecule has 0 radical (unpaired) electrons. The van der Waals surface area contributed by atoms with Crippen molar-refractivity contribution in [1.29, 1.82) is 0 Å². The summed E-state index contributed by atoms with van der Waals surface area (Å²) in [6.07, 6.45) is 5.28. The van der Waals surface area contributed by atoms with Crippen LogP contribution in [0.25, 0.3) is 6.08 Å². The van der Waals surface area contributed by atoms with Crippen LogP contribution in [0.4, 0.5) is 5.69 Å². The van der Waals surface area contributed by atoms with Crippen LogP contribution in [0.5, 0.6) is 5.75 Å². The highest BCUT2D eigenvalue weighted by Gasteiger charge is 2.44. The van der Waals surface area contributed by atoms with E-state index < -0.39 is 0 Å². The topological polar surface area (TPSA) is 71.0 Å². The van der Waals surface area contributed by atoms with Crippen molar-refractivity contribution in [2.75, 3.05) is 11.9 Å². The van der Waals surface area contributed by atoms with E-state index >= 15 is 0 Å². The van der Waals surface area contributed by atoms with Gasteiger partial charge in [-0.05, 0) is 65.9 Å². The standard InChI is InChI=1S/C26H25N3O3S2/c1-17(30)27-19-7-3-8-20(15-19)32-16-24(31)29-26(23-11-5-13-34-23)22-10-2-6-18(25(22)28-29)14-21-9-4-12-33-21/h3-5,7-9,11-15,22,26H,2,6,10,16H2,1H3,(H,27,30). The summed E-state index contributed by atoms with van der Waals surface area (Å²) < 4.78 is 5.81. The van der Waals surface area contributed by atoms with Crippen LogP contribution in [-0.4, -0.2) is 29.1 Å². The lowest BCUT2D eigenvalue weighted by atomic mass is 9.79. The largest absolute Gasteiger partial charge is 0.484 e. The third-order valence-corrected chi connectivity index (χ3v) is 7.73.